The van der Waals surface area contributed by atoms with Crippen LogP contribution >= 0.6 is 11.3 Å². The quantitative estimate of drug-likeness (QED) is 0.257. The van der Waals surface area contributed by atoms with Crippen LogP contribution in [0.15, 0.2) is 84.5 Å². The van der Waals surface area contributed by atoms with E-state index in [-0.39, 0.29) is 5.41 Å². The standard InChI is InChI=1S/C32H28N2S/c1-20-13-28-27(18-25-10-12-35-31(25)30(28)34-19-20)29-16-22(9-11-33-29)14-21-5-6-24-17-26(32(2,3)4)8-7-23(24)15-21/h5-13,15-19H,14H2,1-4H3. The van der Waals surface area contributed by atoms with E-state index in [1.807, 2.05) is 12.4 Å². The first kappa shape index (κ1) is 21.9. The molecular weight excluding hydrogens is 444 g/mol. The summed E-state index contributed by atoms with van der Waals surface area (Å²) >= 11 is 1.75. The van der Waals surface area contributed by atoms with Crippen LogP contribution in [0.2, 0.25) is 0 Å². The summed E-state index contributed by atoms with van der Waals surface area (Å²) in [5.41, 5.74) is 8.49. The lowest BCUT2D eigenvalue weighted by Crippen LogP contribution is -2.10. The van der Waals surface area contributed by atoms with Crippen LogP contribution in [0.25, 0.3) is 43.0 Å². The smallest absolute Gasteiger partial charge is 0.0887 e. The number of pyridine rings is 2. The second kappa shape index (κ2) is 8.28. The van der Waals surface area contributed by atoms with E-state index in [0.29, 0.717) is 0 Å². The van der Waals surface area contributed by atoms with Crippen molar-refractivity contribution in [1.82, 2.24) is 9.97 Å². The van der Waals surface area contributed by atoms with Crippen molar-refractivity contribution < 1.29 is 0 Å². The molecule has 0 amide bonds. The Hall–Kier alpha value is -3.56. The van der Waals surface area contributed by atoms with E-state index in [1.54, 1.807) is 11.3 Å². The largest absolute Gasteiger partial charge is 0.256 e. The molecule has 0 bridgehead atoms. The second-order valence-corrected chi connectivity index (χ2v) is 11.5. The summed E-state index contributed by atoms with van der Waals surface area (Å²) in [5, 5.41) is 7.13. The summed E-state index contributed by atoms with van der Waals surface area (Å²) in [7, 11) is 0. The molecule has 2 nitrogen and oxygen atoms in total. The highest BCUT2D eigenvalue weighted by atomic mass is 32.1. The molecular formula is C32H28N2S. The summed E-state index contributed by atoms with van der Waals surface area (Å²) in [6.45, 7) is 8.89. The van der Waals surface area contributed by atoms with E-state index in [2.05, 4.69) is 99.8 Å². The van der Waals surface area contributed by atoms with Crippen molar-refractivity contribution in [2.24, 2.45) is 0 Å². The van der Waals surface area contributed by atoms with Crippen LogP contribution in [0.4, 0.5) is 0 Å². The molecule has 0 unspecified atom stereocenters. The fourth-order valence-electron chi connectivity index (χ4n) is 4.86. The minimum Gasteiger partial charge on any atom is -0.256 e. The molecule has 172 valence electrons. The molecule has 0 aliphatic rings. The molecule has 0 N–H and O–H groups in total. The van der Waals surface area contributed by atoms with Gasteiger partial charge in [0.2, 0.25) is 0 Å². The van der Waals surface area contributed by atoms with Crippen molar-refractivity contribution in [1.29, 1.82) is 0 Å². The number of rotatable bonds is 3. The van der Waals surface area contributed by atoms with Gasteiger partial charge < -0.3 is 0 Å². The molecule has 3 aromatic heterocycles. The number of thiophene rings is 1. The molecule has 0 aliphatic carbocycles. The fraction of sp³-hybridized carbons (Fsp3) is 0.188. The lowest BCUT2D eigenvalue weighted by Gasteiger charge is -2.19. The topological polar surface area (TPSA) is 25.8 Å². The van der Waals surface area contributed by atoms with Crippen LogP contribution in [0.5, 0.6) is 0 Å². The highest BCUT2D eigenvalue weighted by molar-refractivity contribution is 7.18. The minimum absolute atomic E-state index is 0.157. The maximum Gasteiger partial charge on any atom is 0.0887 e. The Morgan fingerprint density at radius 2 is 1.57 bits per heavy atom. The van der Waals surface area contributed by atoms with Crippen LogP contribution in [0.3, 0.4) is 0 Å². The summed E-state index contributed by atoms with van der Waals surface area (Å²) in [5.74, 6) is 0. The molecule has 3 heterocycles. The monoisotopic (exact) mass is 472 g/mol. The fourth-order valence-corrected chi connectivity index (χ4v) is 5.75. The summed E-state index contributed by atoms with van der Waals surface area (Å²) in [4.78, 5) is 9.57. The first-order chi connectivity index (χ1) is 16.8. The first-order valence-electron chi connectivity index (χ1n) is 12.1. The first-order valence-corrected chi connectivity index (χ1v) is 13.0. The molecule has 0 spiro atoms. The molecule has 0 aliphatic heterocycles. The van der Waals surface area contributed by atoms with Crippen LogP contribution in [0, 0.1) is 6.92 Å². The van der Waals surface area contributed by atoms with Crippen LogP contribution in [-0.4, -0.2) is 9.97 Å². The van der Waals surface area contributed by atoms with Gasteiger partial charge in [-0.1, -0.05) is 57.2 Å². The van der Waals surface area contributed by atoms with Gasteiger partial charge >= 0.3 is 0 Å². The molecule has 3 heteroatoms. The number of nitrogens with zero attached hydrogens (tertiary/aromatic N) is 2. The van der Waals surface area contributed by atoms with Gasteiger partial charge in [0, 0.05) is 23.3 Å². The Labute approximate surface area is 210 Å². The Morgan fingerprint density at radius 1 is 0.771 bits per heavy atom. The van der Waals surface area contributed by atoms with Gasteiger partial charge in [-0.05, 0) is 92.9 Å². The molecule has 0 saturated carbocycles. The Bertz CT molecular complexity index is 1720. The number of aryl methyl sites for hydroxylation is 1. The van der Waals surface area contributed by atoms with Gasteiger partial charge in [0.15, 0.2) is 0 Å². The zero-order valence-corrected chi connectivity index (χ0v) is 21.4. The van der Waals surface area contributed by atoms with Gasteiger partial charge in [-0.3, -0.25) is 9.97 Å². The normalized spacial score (nSPS) is 12.1. The van der Waals surface area contributed by atoms with Gasteiger partial charge in [0.25, 0.3) is 0 Å². The SMILES string of the molecule is Cc1cnc2c(c1)c(-c1cc(Cc3ccc4cc(C(C)(C)C)ccc4c3)ccn1)cc1ccsc12. The Balaban J connectivity index is 1.39. The van der Waals surface area contributed by atoms with Crippen LogP contribution in [0.1, 0.15) is 43.0 Å². The number of benzene rings is 3. The maximum atomic E-state index is 4.79. The zero-order valence-electron chi connectivity index (χ0n) is 20.6. The second-order valence-electron chi connectivity index (χ2n) is 10.5. The number of fused-ring (bicyclic) bond motifs is 4. The lowest BCUT2D eigenvalue weighted by molar-refractivity contribution is 0.591. The summed E-state index contributed by atoms with van der Waals surface area (Å²) < 4.78 is 1.24. The van der Waals surface area contributed by atoms with Crippen molar-refractivity contribution in [2.45, 2.75) is 39.5 Å². The molecule has 0 fully saturated rings. The lowest BCUT2D eigenvalue weighted by atomic mass is 9.85. The van der Waals surface area contributed by atoms with Gasteiger partial charge in [-0.15, -0.1) is 11.3 Å². The predicted octanol–water partition coefficient (Wildman–Crippen LogP) is 8.86. The average Bonchev–Trinajstić information content (AvgIpc) is 3.31. The van der Waals surface area contributed by atoms with E-state index in [1.165, 1.54) is 42.9 Å². The minimum atomic E-state index is 0.157. The zero-order chi connectivity index (χ0) is 24.2. The average molecular weight is 473 g/mol. The third-order valence-electron chi connectivity index (χ3n) is 6.80. The molecule has 0 radical (unpaired) electrons. The van der Waals surface area contributed by atoms with E-state index in [4.69, 9.17) is 9.97 Å². The molecule has 3 aromatic carbocycles. The van der Waals surface area contributed by atoms with Gasteiger partial charge in [0.1, 0.15) is 0 Å². The van der Waals surface area contributed by atoms with Crippen molar-refractivity contribution in [2.75, 3.05) is 0 Å². The molecule has 6 aromatic rings. The maximum absolute atomic E-state index is 4.79. The molecule has 0 saturated heterocycles. The number of hydrogen-bond donors (Lipinski definition) is 0. The van der Waals surface area contributed by atoms with Gasteiger partial charge in [0.05, 0.1) is 15.9 Å². The summed E-state index contributed by atoms with van der Waals surface area (Å²) in [6, 6.07) is 24.7. The van der Waals surface area contributed by atoms with Crippen molar-refractivity contribution in [3.8, 4) is 11.3 Å². The highest BCUT2D eigenvalue weighted by Gasteiger charge is 2.15. The van der Waals surface area contributed by atoms with Gasteiger partial charge in [-0.2, -0.15) is 0 Å². The third kappa shape index (κ3) is 4.11. The Morgan fingerprint density at radius 3 is 2.43 bits per heavy atom. The number of aromatic nitrogens is 2. The van der Waals surface area contributed by atoms with E-state index >= 15 is 0 Å². The van der Waals surface area contributed by atoms with Crippen LogP contribution < -0.4 is 0 Å². The van der Waals surface area contributed by atoms with Crippen LogP contribution in [-0.2, 0) is 11.8 Å². The van der Waals surface area contributed by atoms with E-state index < -0.39 is 0 Å². The molecule has 0 atom stereocenters. The Kier molecular flexibility index (Phi) is 5.19. The van der Waals surface area contributed by atoms with E-state index in [9.17, 15) is 0 Å². The highest BCUT2D eigenvalue weighted by Crippen LogP contribution is 2.36. The third-order valence-corrected chi connectivity index (χ3v) is 7.74. The molecule has 6 rings (SSSR count). The van der Waals surface area contributed by atoms with E-state index in [0.717, 1.165) is 28.8 Å². The summed E-state index contributed by atoms with van der Waals surface area (Å²) in [6.07, 6.45) is 4.77. The molecule has 35 heavy (non-hydrogen) atoms. The predicted molar refractivity (Wildman–Crippen MR) is 151 cm³/mol. The van der Waals surface area contributed by atoms with Gasteiger partial charge in [-0.25, -0.2) is 0 Å². The van der Waals surface area contributed by atoms with Crippen molar-refractivity contribution in [3.63, 3.8) is 0 Å². The van der Waals surface area contributed by atoms with Crippen molar-refractivity contribution >= 4 is 43.1 Å². The van der Waals surface area contributed by atoms with Crippen molar-refractivity contribution in [3.05, 3.63) is 107 Å². The number of hydrogen-bond acceptors (Lipinski definition) is 3.